The average Bonchev–Trinajstić information content (AvgIpc) is 2.42. The molecule has 0 saturated heterocycles. The van der Waals surface area contributed by atoms with E-state index in [1.54, 1.807) is 0 Å². The van der Waals surface area contributed by atoms with Crippen LogP contribution in [0.15, 0.2) is 12.7 Å². The summed E-state index contributed by atoms with van der Waals surface area (Å²) < 4.78 is 4.88. The van der Waals surface area contributed by atoms with Gasteiger partial charge in [-0.25, -0.2) is 9.59 Å². The van der Waals surface area contributed by atoms with Gasteiger partial charge in [-0.1, -0.05) is 12.7 Å². The number of carbonyl (C=O) groups is 2. The van der Waals surface area contributed by atoms with Crippen molar-refractivity contribution in [2.75, 3.05) is 6.61 Å². The van der Waals surface area contributed by atoms with Crippen LogP contribution in [0.1, 0.15) is 32.1 Å². The van der Waals surface area contributed by atoms with Gasteiger partial charge in [0.25, 0.3) is 0 Å². The van der Waals surface area contributed by atoms with Crippen LogP contribution in [0.5, 0.6) is 0 Å². The lowest BCUT2D eigenvalue weighted by molar-refractivity contribution is -0.146. The van der Waals surface area contributed by atoms with E-state index in [1.165, 1.54) is 12.5 Å². The van der Waals surface area contributed by atoms with Gasteiger partial charge in [-0.05, 0) is 61.7 Å². The normalized spacial score (nSPS) is 37.8. The molecule has 5 heteroatoms. The first-order valence-corrected chi connectivity index (χ1v) is 7.85. The Hall–Kier alpha value is -1.52. The quantitative estimate of drug-likeness (QED) is 0.763. The molecule has 1 atom stereocenters. The van der Waals surface area contributed by atoms with Crippen LogP contribution in [-0.4, -0.2) is 29.8 Å². The van der Waals surface area contributed by atoms with E-state index < -0.39 is 18.1 Å². The molecule has 4 saturated carbocycles. The molecule has 1 amide bonds. The Morgan fingerprint density at radius 2 is 1.76 bits per heavy atom. The van der Waals surface area contributed by atoms with Crippen molar-refractivity contribution < 1.29 is 19.4 Å². The molecule has 0 radical (unpaired) electrons. The fourth-order valence-electron chi connectivity index (χ4n) is 5.14. The topological polar surface area (TPSA) is 75.6 Å². The number of amides is 1. The van der Waals surface area contributed by atoms with Crippen LogP contribution in [0, 0.1) is 29.6 Å². The zero-order valence-electron chi connectivity index (χ0n) is 12.2. The van der Waals surface area contributed by atoms with Gasteiger partial charge in [-0.3, -0.25) is 0 Å². The second-order valence-corrected chi connectivity index (χ2v) is 6.86. The van der Waals surface area contributed by atoms with Gasteiger partial charge in [0.2, 0.25) is 0 Å². The summed E-state index contributed by atoms with van der Waals surface area (Å²) in [6.45, 7) is 3.57. The predicted molar refractivity (Wildman–Crippen MR) is 76.6 cm³/mol. The van der Waals surface area contributed by atoms with Gasteiger partial charge in [-0.15, -0.1) is 0 Å². The zero-order chi connectivity index (χ0) is 15.0. The number of alkyl carbamates (subject to hydrolysis) is 1. The highest BCUT2D eigenvalue weighted by Crippen LogP contribution is 2.57. The molecule has 0 aromatic rings. The molecular formula is C16H23NO4. The predicted octanol–water partition coefficient (Wildman–Crippen LogP) is 2.42. The van der Waals surface area contributed by atoms with Crippen molar-refractivity contribution in [1.82, 2.24) is 5.32 Å². The van der Waals surface area contributed by atoms with Crippen LogP contribution in [0.4, 0.5) is 4.79 Å². The Bertz CT molecular complexity index is 420. The monoisotopic (exact) mass is 293 g/mol. The molecule has 0 aromatic carbocycles. The lowest BCUT2D eigenvalue weighted by Crippen LogP contribution is -2.56. The lowest BCUT2D eigenvalue weighted by atomic mass is 9.50. The molecular weight excluding hydrogens is 270 g/mol. The molecule has 4 fully saturated rings. The Morgan fingerprint density at radius 1 is 1.19 bits per heavy atom. The maximum absolute atomic E-state index is 11.7. The zero-order valence-corrected chi connectivity index (χ0v) is 12.2. The first-order valence-electron chi connectivity index (χ1n) is 7.85. The molecule has 5 nitrogen and oxygen atoms in total. The van der Waals surface area contributed by atoms with E-state index in [0.717, 1.165) is 37.5 Å². The standard InChI is InChI=1S/C16H23NO4/c1-2-3-21-16(20)17-14(15(18)19)13-11-5-9-4-10(7-11)8-12(13)6-9/h2,9-14H,1,3-8H2,(H,17,20)(H,18,19). The van der Waals surface area contributed by atoms with Crippen molar-refractivity contribution in [2.24, 2.45) is 29.6 Å². The van der Waals surface area contributed by atoms with Crippen molar-refractivity contribution >= 4 is 12.1 Å². The Labute approximate surface area is 124 Å². The number of hydrogen-bond donors (Lipinski definition) is 2. The third kappa shape index (κ3) is 2.78. The summed E-state index contributed by atoms with van der Waals surface area (Å²) in [4.78, 5) is 23.3. The summed E-state index contributed by atoms with van der Waals surface area (Å²) in [7, 11) is 0. The number of rotatable bonds is 5. The van der Waals surface area contributed by atoms with E-state index in [4.69, 9.17) is 4.74 Å². The molecule has 0 spiro atoms. The van der Waals surface area contributed by atoms with E-state index in [0.29, 0.717) is 11.8 Å². The Balaban J connectivity index is 1.70. The third-order valence-corrected chi connectivity index (χ3v) is 5.56. The van der Waals surface area contributed by atoms with Gasteiger partial charge in [0.15, 0.2) is 0 Å². The number of hydrogen-bond acceptors (Lipinski definition) is 3. The average molecular weight is 293 g/mol. The summed E-state index contributed by atoms with van der Waals surface area (Å²) in [5.74, 6) is 1.58. The molecule has 1 unspecified atom stereocenters. The van der Waals surface area contributed by atoms with Crippen molar-refractivity contribution in [2.45, 2.75) is 38.1 Å². The van der Waals surface area contributed by atoms with Gasteiger partial charge in [-0.2, -0.15) is 0 Å². The first kappa shape index (κ1) is 14.4. The number of carbonyl (C=O) groups excluding carboxylic acids is 1. The van der Waals surface area contributed by atoms with E-state index in [-0.39, 0.29) is 12.5 Å². The van der Waals surface area contributed by atoms with Gasteiger partial charge in [0.1, 0.15) is 12.6 Å². The van der Waals surface area contributed by atoms with Crippen molar-refractivity contribution in [3.63, 3.8) is 0 Å². The number of carboxylic acid groups (broad SMARTS) is 1. The molecule has 0 aromatic heterocycles. The van der Waals surface area contributed by atoms with Crippen molar-refractivity contribution in [3.05, 3.63) is 12.7 Å². The molecule has 2 N–H and O–H groups in total. The maximum Gasteiger partial charge on any atom is 0.408 e. The van der Waals surface area contributed by atoms with E-state index >= 15 is 0 Å². The van der Waals surface area contributed by atoms with Crippen LogP contribution >= 0.6 is 0 Å². The lowest BCUT2D eigenvalue weighted by Gasteiger charge is -2.55. The van der Waals surface area contributed by atoms with Gasteiger partial charge in [0.05, 0.1) is 0 Å². The summed E-state index contributed by atoms with van der Waals surface area (Å²) in [5, 5.41) is 12.1. The second kappa shape index (κ2) is 5.70. The minimum absolute atomic E-state index is 0.0616. The molecule has 116 valence electrons. The molecule has 0 aliphatic heterocycles. The van der Waals surface area contributed by atoms with Crippen molar-refractivity contribution in [3.8, 4) is 0 Å². The van der Waals surface area contributed by atoms with E-state index in [2.05, 4.69) is 11.9 Å². The van der Waals surface area contributed by atoms with Crippen LogP contribution in [0.3, 0.4) is 0 Å². The summed E-state index contributed by atoms with van der Waals surface area (Å²) in [6.07, 6.45) is 6.66. The van der Waals surface area contributed by atoms with E-state index in [9.17, 15) is 14.7 Å². The molecule has 4 aliphatic carbocycles. The largest absolute Gasteiger partial charge is 0.480 e. The highest BCUT2D eigenvalue weighted by Gasteiger charge is 2.52. The molecule has 0 heterocycles. The molecule has 4 rings (SSSR count). The first-order chi connectivity index (χ1) is 10.1. The fraction of sp³-hybridized carbons (Fsp3) is 0.750. The van der Waals surface area contributed by atoms with Gasteiger partial charge >= 0.3 is 12.1 Å². The molecule has 21 heavy (non-hydrogen) atoms. The minimum atomic E-state index is -0.942. The van der Waals surface area contributed by atoms with Gasteiger partial charge in [0, 0.05) is 0 Å². The number of aliphatic carboxylic acids is 1. The summed E-state index contributed by atoms with van der Waals surface area (Å²) >= 11 is 0. The third-order valence-electron chi connectivity index (χ3n) is 5.56. The van der Waals surface area contributed by atoms with Crippen LogP contribution in [0.25, 0.3) is 0 Å². The highest BCUT2D eigenvalue weighted by molar-refractivity contribution is 5.80. The Kier molecular flexibility index (Phi) is 3.91. The Morgan fingerprint density at radius 3 is 2.24 bits per heavy atom. The number of ether oxygens (including phenoxy) is 1. The number of carboxylic acids is 1. The molecule has 4 aliphatic rings. The van der Waals surface area contributed by atoms with Crippen LogP contribution in [-0.2, 0) is 9.53 Å². The minimum Gasteiger partial charge on any atom is -0.480 e. The van der Waals surface area contributed by atoms with Crippen LogP contribution < -0.4 is 5.32 Å². The number of nitrogens with one attached hydrogen (secondary N) is 1. The summed E-state index contributed by atoms with van der Waals surface area (Å²) in [6, 6.07) is -0.822. The highest BCUT2D eigenvalue weighted by atomic mass is 16.5. The smallest absolute Gasteiger partial charge is 0.408 e. The SMILES string of the molecule is C=CCOC(=O)NC(C(=O)O)C1C2CC3CC(C2)CC1C3. The fourth-order valence-corrected chi connectivity index (χ4v) is 5.14. The second-order valence-electron chi connectivity index (χ2n) is 6.86. The summed E-state index contributed by atoms with van der Waals surface area (Å²) in [5.41, 5.74) is 0. The van der Waals surface area contributed by atoms with Crippen LogP contribution in [0.2, 0.25) is 0 Å². The van der Waals surface area contributed by atoms with E-state index in [1.807, 2.05) is 0 Å². The maximum atomic E-state index is 11.7. The molecule has 4 bridgehead atoms. The van der Waals surface area contributed by atoms with Gasteiger partial charge < -0.3 is 15.2 Å². The van der Waals surface area contributed by atoms with Crippen molar-refractivity contribution in [1.29, 1.82) is 0 Å².